The van der Waals surface area contributed by atoms with Crippen molar-refractivity contribution in [2.24, 2.45) is 35.5 Å². The van der Waals surface area contributed by atoms with Crippen LogP contribution in [0.1, 0.15) is 33.1 Å². The largest absolute Gasteiger partial charge is 0.356 e. The average Bonchev–Trinajstić information content (AvgIpc) is 3.02. The van der Waals surface area contributed by atoms with E-state index in [9.17, 15) is 4.79 Å². The van der Waals surface area contributed by atoms with Crippen molar-refractivity contribution >= 4 is 29.1 Å². The summed E-state index contributed by atoms with van der Waals surface area (Å²) in [7, 11) is 0. The molecule has 1 saturated carbocycles. The molecule has 4 heteroatoms. The molecule has 2 nitrogen and oxygen atoms in total. The van der Waals surface area contributed by atoms with E-state index in [0.717, 1.165) is 30.8 Å². The van der Waals surface area contributed by atoms with E-state index in [1.165, 1.54) is 0 Å². The molecule has 3 rings (SSSR count). The van der Waals surface area contributed by atoms with Crippen molar-refractivity contribution in [1.29, 1.82) is 0 Å². The Labute approximate surface area is 161 Å². The predicted octanol–water partition coefficient (Wildman–Crippen LogP) is 5.41. The van der Waals surface area contributed by atoms with Crippen LogP contribution in [0.15, 0.2) is 46.5 Å². The van der Waals surface area contributed by atoms with Crippen molar-refractivity contribution in [2.75, 3.05) is 6.54 Å². The van der Waals surface area contributed by atoms with Gasteiger partial charge in [0.25, 0.3) is 0 Å². The van der Waals surface area contributed by atoms with Crippen molar-refractivity contribution in [1.82, 2.24) is 5.32 Å². The fourth-order valence-electron chi connectivity index (χ4n) is 4.97. The Hall–Kier alpha value is -0.990. The van der Waals surface area contributed by atoms with Crippen molar-refractivity contribution in [3.63, 3.8) is 0 Å². The predicted molar refractivity (Wildman–Crippen MR) is 105 cm³/mol. The zero-order chi connectivity index (χ0) is 18.0. The molecule has 1 aliphatic heterocycles. The molecule has 1 amide bonds. The number of halogens is 2. The van der Waals surface area contributed by atoms with Gasteiger partial charge in [-0.05, 0) is 61.9 Å². The second-order valence-corrected chi connectivity index (χ2v) is 8.41. The Balaban J connectivity index is 1.88. The number of hydrogen-bond donors (Lipinski definition) is 1. The highest BCUT2D eigenvalue weighted by molar-refractivity contribution is 6.34. The third-order valence-corrected chi connectivity index (χ3v) is 7.08. The van der Waals surface area contributed by atoms with Gasteiger partial charge in [-0.2, -0.15) is 0 Å². The molecular formula is C21H27Cl2NO. The third-order valence-electron chi connectivity index (χ3n) is 6.30. The molecule has 1 saturated heterocycles. The monoisotopic (exact) mass is 379 g/mol. The van der Waals surface area contributed by atoms with Crippen molar-refractivity contribution in [3.05, 3.63) is 46.5 Å². The lowest BCUT2D eigenvalue weighted by molar-refractivity contribution is -0.124. The molecule has 1 heterocycles. The van der Waals surface area contributed by atoms with Gasteiger partial charge < -0.3 is 5.32 Å². The maximum atomic E-state index is 12.2. The van der Waals surface area contributed by atoms with Crippen LogP contribution in [-0.2, 0) is 4.79 Å². The first-order valence-corrected chi connectivity index (χ1v) is 10.1. The lowest BCUT2D eigenvalue weighted by Gasteiger charge is -2.45. The molecule has 0 aromatic carbocycles. The Morgan fingerprint density at radius 3 is 2.80 bits per heavy atom. The lowest BCUT2D eigenvalue weighted by Crippen LogP contribution is -2.41. The molecule has 6 atom stereocenters. The van der Waals surface area contributed by atoms with Crippen molar-refractivity contribution in [3.8, 4) is 0 Å². The minimum absolute atomic E-state index is 0.176. The van der Waals surface area contributed by atoms with Gasteiger partial charge in [-0.1, -0.05) is 60.5 Å². The summed E-state index contributed by atoms with van der Waals surface area (Å²) in [5, 5.41) is 4.61. The summed E-state index contributed by atoms with van der Waals surface area (Å²) in [6.45, 7) is 4.93. The van der Waals surface area contributed by atoms with Crippen LogP contribution in [0.2, 0.25) is 0 Å². The Bertz CT molecular complexity index is 634. The SMILES string of the molecule is C/C=C(Cl)\C=C(\Cl)C(C)[C@@H]1CC[C@H]2C(=O)NC[C@H]2[C@H]1C1C=CC=CC1. The summed E-state index contributed by atoms with van der Waals surface area (Å²) in [6.07, 6.45) is 15.6. The number of carbonyl (C=O) groups excluding carboxylic acids is 1. The second kappa shape index (κ2) is 8.14. The molecule has 0 radical (unpaired) electrons. The minimum Gasteiger partial charge on any atom is -0.356 e. The lowest BCUT2D eigenvalue weighted by atomic mass is 9.59. The molecule has 2 fully saturated rings. The van der Waals surface area contributed by atoms with Crippen LogP contribution in [0.4, 0.5) is 0 Å². The Morgan fingerprint density at radius 1 is 1.32 bits per heavy atom. The van der Waals surface area contributed by atoms with Gasteiger partial charge in [0.2, 0.25) is 5.91 Å². The molecule has 25 heavy (non-hydrogen) atoms. The van der Waals surface area contributed by atoms with Crippen LogP contribution >= 0.6 is 23.2 Å². The van der Waals surface area contributed by atoms with E-state index in [1.54, 1.807) is 0 Å². The molecule has 1 N–H and O–H groups in total. The van der Waals surface area contributed by atoms with Crippen LogP contribution in [0, 0.1) is 35.5 Å². The molecule has 3 aliphatic rings. The first-order valence-electron chi connectivity index (χ1n) is 9.32. The average molecular weight is 380 g/mol. The fraction of sp³-hybridized carbons (Fsp3) is 0.571. The number of fused-ring (bicyclic) bond motifs is 1. The highest BCUT2D eigenvalue weighted by Crippen LogP contribution is 2.50. The van der Waals surface area contributed by atoms with Gasteiger partial charge in [-0.25, -0.2) is 0 Å². The summed E-state index contributed by atoms with van der Waals surface area (Å²) in [4.78, 5) is 12.2. The van der Waals surface area contributed by atoms with Gasteiger partial charge in [-0.15, -0.1) is 0 Å². The second-order valence-electron chi connectivity index (χ2n) is 7.54. The summed E-state index contributed by atoms with van der Waals surface area (Å²) in [6, 6.07) is 0. The van der Waals surface area contributed by atoms with E-state index < -0.39 is 0 Å². The maximum absolute atomic E-state index is 12.2. The van der Waals surface area contributed by atoms with Crippen molar-refractivity contribution in [2.45, 2.75) is 33.1 Å². The van der Waals surface area contributed by atoms with E-state index in [2.05, 4.69) is 36.5 Å². The number of allylic oxidation sites excluding steroid dienone is 8. The van der Waals surface area contributed by atoms with Gasteiger partial charge in [0.1, 0.15) is 0 Å². The van der Waals surface area contributed by atoms with Crippen molar-refractivity contribution < 1.29 is 4.79 Å². The van der Waals surface area contributed by atoms with Crippen LogP contribution in [0.3, 0.4) is 0 Å². The molecule has 0 aromatic rings. The number of amides is 1. The zero-order valence-electron chi connectivity index (χ0n) is 14.9. The van der Waals surface area contributed by atoms with E-state index in [-0.39, 0.29) is 17.7 Å². The number of carbonyl (C=O) groups is 1. The summed E-state index contributed by atoms with van der Waals surface area (Å²) >= 11 is 12.8. The van der Waals surface area contributed by atoms with E-state index in [4.69, 9.17) is 23.2 Å². The smallest absolute Gasteiger partial charge is 0.223 e. The van der Waals surface area contributed by atoms with E-state index in [0.29, 0.717) is 28.7 Å². The zero-order valence-corrected chi connectivity index (χ0v) is 16.4. The van der Waals surface area contributed by atoms with E-state index >= 15 is 0 Å². The van der Waals surface area contributed by atoms with Gasteiger partial charge in [0, 0.05) is 22.5 Å². The highest BCUT2D eigenvalue weighted by atomic mass is 35.5. The number of rotatable bonds is 4. The number of nitrogens with one attached hydrogen (secondary N) is 1. The topological polar surface area (TPSA) is 29.1 Å². The minimum atomic E-state index is 0.176. The highest BCUT2D eigenvalue weighted by Gasteiger charge is 2.49. The molecule has 2 unspecified atom stereocenters. The first kappa shape index (κ1) is 18.8. The van der Waals surface area contributed by atoms with Gasteiger partial charge in [0.15, 0.2) is 0 Å². The third kappa shape index (κ3) is 3.90. The molecular weight excluding hydrogens is 353 g/mol. The molecule has 0 spiro atoms. The first-order chi connectivity index (χ1) is 12.0. The van der Waals surface area contributed by atoms with Crippen LogP contribution in [0.5, 0.6) is 0 Å². The molecule has 136 valence electrons. The summed E-state index contributed by atoms with van der Waals surface area (Å²) in [5.74, 6) is 2.51. The quantitative estimate of drug-likeness (QED) is 0.650. The van der Waals surface area contributed by atoms with Crippen LogP contribution < -0.4 is 5.32 Å². The summed E-state index contributed by atoms with van der Waals surface area (Å²) < 4.78 is 0. The summed E-state index contributed by atoms with van der Waals surface area (Å²) in [5.41, 5.74) is 0. The standard InChI is InChI=1S/C21H27Cl2NO/c1-3-15(22)11-19(23)13(2)16-9-10-17-18(12-24-21(17)25)20(16)14-7-5-4-6-8-14/h3-7,11,13-14,16-18,20H,8-10,12H2,1-2H3,(H,24,25)/b15-3+,19-11+/t13?,14?,16-,17+,18+,20-/m0/s1. The molecule has 0 aromatic heterocycles. The van der Waals surface area contributed by atoms with Gasteiger partial charge >= 0.3 is 0 Å². The number of hydrogen-bond acceptors (Lipinski definition) is 1. The van der Waals surface area contributed by atoms with Crippen LogP contribution in [-0.4, -0.2) is 12.5 Å². The van der Waals surface area contributed by atoms with Gasteiger partial charge in [-0.3, -0.25) is 4.79 Å². The Kier molecular flexibility index (Phi) is 6.12. The van der Waals surface area contributed by atoms with Gasteiger partial charge in [0.05, 0.1) is 0 Å². The Morgan fingerprint density at radius 2 is 2.12 bits per heavy atom. The molecule has 2 aliphatic carbocycles. The van der Waals surface area contributed by atoms with Crippen LogP contribution in [0.25, 0.3) is 0 Å². The molecule has 0 bridgehead atoms. The van der Waals surface area contributed by atoms with E-state index in [1.807, 2.05) is 19.1 Å². The normalized spacial score (nSPS) is 37.0. The maximum Gasteiger partial charge on any atom is 0.223 e. The fourth-order valence-corrected chi connectivity index (χ4v) is 5.42.